The molecule has 1 aromatic rings. The van der Waals surface area contributed by atoms with Crippen LogP contribution in [0.3, 0.4) is 0 Å². The van der Waals surface area contributed by atoms with Gasteiger partial charge in [0.05, 0.1) is 17.7 Å². The molecule has 5 heteroatoms. The van der Waals surface area contributed by atoms with Gasteiger partial charge in [-0.05, 0) is 31.9 Å². The summed E-state index contributed by atoms with van der Waals surface area (Å²) >= 11 is 0. The molecule has 0 atom stereocenters. The monoisotopic (exact) mass is 250 g/mol. The van der Waals surface area contributed by atoms with E-state index in [0.29, 0.717) is 37.3 Å². The van der Waals surface area contributed by atoms with Gasteiger partial charge in [-0.2, -0.15) is 0 Å². The fraction of sp³-hybridized carbons (Fsp3) is 0.538. The second kappa shape index (κ2) is 5.46. The molecule has 1 amide bonds. The molecule has 18 heavy (non-hydrogen) atoms. The number of nitrogens with one attached hydrogen (secondary N) is 1. The van der Waals surface area contributed by atoms with Gasteiger partial charge in [0.1, 0.15) is 0 Å². The van der Waals surface area contributed by atoms with Gasteiger partial charge in [0.15, 0.2) is 0 Å². The number of ether oxygens (including phenoxy) is 1. The van der Waals surface area contributed by atoms with E-state index in [4.69, 9.17) is 4.74 Å². The Bertz CT molecular complexity index is 428. The molecule has 2 heterocycles. The van der Waals surface area contributed by atoms with Crippen molar-refractivity contribution >= 4 is 5.91 Å². The van der Waals surface area contributed by atoms with Crippen LogP contribution in [0.1, 0.15) is 28.9 Å². The van der Waals surface area contributed by atoms with Gasteiger partial charge in [0.2, 0.25) is 0 Å². The molecule has 0 unspecified atom stereocenters. The Morgan fingerprint density at radius 3 is 2.89 bits per heavy atom. The van der Waals surface area contributed by atoms with E-state index in [1.54, 1.807) is 25.3 Å². The van der Waals surface area contributed by atoms with Crippen LogP contribution >= 0.6 is 0 Å². The fourth-order valence-electron chi connectivity index (χ4n) is 2.12. The Morgan fingerprint density at radius 2 is 2.28 bits per heavy atom. The average Bonchev–Trinajstić information content (AvgIpc) is 2.40. The number of nitrogens with zero attached hydrogens (tertiary/aromatic N) is 1. The summed E-state index contributed by atoms with van der Waals surface area (Å²) in [6.45, 7) is 2.85. The second-order valence-corrected chi connectivity index (χ2v) is 4.64. The zero-order valence-electron chi connectivity index (χ0n) is 10.5. The number of aryl methyl sites for hydroxylation is 1. The van der Waals surface area contributed by atoms with Crippen LogP contribution in [0.4, 0.5) is 0 Å². The van der Waals surface area contributed by atoms with E-state index in [2.05, 4.69) is 10.3 Å². The summed E-state index contributed by atoms with van der Waals surface area (Å²) in [4.78, 5) is 16.3. The molecular formula is C13H18N2O3. The standard InChI is InChI=1S/C13H18N2O3/c1-10-11(3-2-6-14-10)12(17)15-13(9-16)4-7-18-8-5-13/h2-3,6,16H,4-5,7-9H2,1H3,(H,15,17). The molecular weight excluding hydrogens is 232 g/mol. The molecule has 1 saturated heterocycles. The van der Waals surface area contributed by atoms with E-state index in [0.717, 1.165) is 0 Å². The SMILES string of the molecule is Cc1ncccc1C(=O)NC1(CO)CCOCC1. The van der Waals surface area contributed by atoms with Crippen LogP contribution in [0.5, 0.6) is 0 Å². The van der Waals surface area contributed by atoms with Crippen LogP contribution in [0.25, 0.3) is 0 Å². The van der Waals surface area contributed by atoms with Gasteiger partial charge >= 0.3 is 0 Å². The predicted octanol–water partition coefficient (Wildman–Crippen LogP) is 0.661. The first-order chi connectivity index (χ1) is 8.67. The lowest BCUT2D eigenvalue weighted by Gasteiger charge is -2.36. The Kier molecular flexibility index (Phi) is 3.93. The summed E-state index contributed by atoms with van der Waals surface area (Å²) in [6, 6.07) is 3.47. The lowest BCUT2D eigenvalue weighted by Crippen LogP contribution is -2.54. The maximum absolute atomic E-state index is 12.2. The summed E-state index contributed by atoms with van der Waals surface area (Å²) in [5, 5.41) is 12.5. The van der Waals surface area contributed by atoms with Crippen molar-refractivity contribution in [1.82, 2.24) is 10.3 Å². The van der Waals surface area contributed by atoms with Crippen LogP contribution in [0, 0.1) is 6.92 Å². The van der Waals surface area contributed by atoms with E-state index in [-0.39, 0.29) is 12.5 Å². The zero-order valence-corrected chi connectivity index (χ0v) is 10.5. The molecule has 2 N–H and O–H groups in total. The number of pyridine rings is 1. The van der Waals surface area contributed by atoms with E-state index in [1.807, 2.05) is 0 Å². The topological polar surface area (TPSA) is 71.5 Å². The fourth-order valence-corrected chi connectivity index (χ4v) is 2.12. The molecule has 98 valence electrons. The highest BCUT2D eigenvalue weighted by atomic mass is 16.5. The van der Waals surface area contributed by atoms with Crippen LogP contribution in [0.2, 0.25) is 0 Å². The maximum Gasteiger partial charge on any atom is 0.253 e. The number of carbonyl (C=O) groups is 1. The third-order valence-corrected chi connectivity index (χ3v) is 3.38. The minimum atomic E-state index is -0.558. The third-order valence-electron chi connectivity index (χ3n) is 3.38. The Morgan fingerprint density at radius 1 is 1.56 bits per heavy atom. The van der Waals surface area contributed by atoms with Gasteiger partial charge in [-0.1, -0.05) is 0 Å². The summed E-state index contributed by atoms with van der Waals surface area (Å²) in [6.07, 6.45) is 2.92. The van der Waals surface area contributed by atoms with Crippen molar-refractivity contribution in [1.29, 1.82) is 0 Å². The number of hydrogen-bond donors (Lipinski definition) is 2. The van der Waals surface area contributed by atoms with E-state index >= 15 is 0 Å². The Hall–Kier alpha value is -1.46. The number of carbonyl (C=O) groups excluding carboxylic acids is 1. The van der Waals surface area contributed by atoms with E-state index in [9.17, 15) is 9.90 Å². The third kappa shape index (κ3) is 2.68. The Labute approximate surface area is 106 Å². The highest BCUT2D eigenvalue weighted by molar-refractivity contribution is 5.95. The molecule has 0 aromatic carbocycles. The van der Waals surface area contributed by atoms with Crippen LogP contribution in [0.15, 0.2) is 18.3 Å². The van der Waals surface area contributed by atoms with Crippen molar-refractivity contribution in [3.8, 4) is 0 Å². The minimum absolute atomic E-state index is 0.0680. The van der Waals surface area contributed by atoms with E-state index < -0.39 is 5.54 Å². The molecule has 0 aliphatic carbocycles. The lowest BCUT2D eigenvalue weighted by atomic mass is 9.90. The van der Waals surface area contributed by atoms with Gasteiger partial charge in [-0.3, -0.25) is 9.78 Å². The quantitative estimate of drug-likeness (QED) is 0.826. The predicted molar refractivity (Wildman–Crippen MR) is 66.3 cm³/mol. The van der Waals surface area contributed by atoms with Gasteiger partial charge in [0.25, 0.3) is 5.91 Å². The van der Waals surface area contributed by atoms with Gasteiger partial charge in [0, 0.05) is 25.1 Å². The average molecular weight is 250 g/mol. The van der Waals surface area contributed by atoms with Crippen molar-refractivity contribution < 1.29 is 14.6 Å². The van der Waals surface area contributed by atoms with Gasteiger partial charge < -0.3 is 15.2 Å². The van der Waals surface area contributed by atoms with Crippen molar-refractivity contribution in [2.75, 3.05) is 19.8 Å². The number of amides is 1. The number of hydrogen-bond acceptors (Lipinski definition) is 4. The number of aromatic nitrogens is 1. The molecule has 0 spiro atoms. The first-order valence-corrected chi connectivity index (χ1v) is 6.10. The molecule has 0 bridgehead atoms. The summed E-state index contributed by atoms with van der Waals surface area (Å²) in [7, 11) is 0. The highest BCUT2D eigenvalue weighted by Gasteiger charge is 2.34. The van der Waals surface area contributed by atoms with Gasteiger partial charge in [-0.25, -0.2) is 0 Å². The lowest BCUT2D eigenvalue weighted by molar-refractivity contribution is 0.0125. The molecule has 1 aromatic heterocycles. The van der Waals surface area contributed by atoms with Crippen LogP contribution in [-0.4, -0.2) is 41.4 Å². The smallest absolute Gasteiger partial charge is 0.253 e. The van der Waals surface area contributed by atoms with Gasteiger partial charge in [-0.15, -0.1) is 0 Å². The molecule has 2 rings (SSSR count). The molecule has 1 aliphatic heterocycles. The maximum atomic E-state index is 12.2. The van der Waals surface area contributed by atoms with Crippen molar-refractivity contribution in [2.45, 2.75) is 25.3 Å². The summed E-state index contributed by atoms with van der Waals surface area (Å²) < 4.78 is 5.26. The molecule has 1 aliphatic rings. The van der Waals surface area contributed by atoms with Crippen LogP contribution in [-0.2, 0) is 4.74 Å². The first-order valence-electron chi connectivity index (χ1n) is 6.10. The summed E-state index contributed by atoms with van der Waals surface area (Å²) in [5.41, 5.74) is 0.685. The van der Waals surface area contributed by atoms with Crippen LogP contribution < -0.4 is 5.32 Å². The molecule has 5 nitrogen and oxygen atoms in total. The Balaban J connectivity index is 2.13. The second-order valence-electron chi connectivity index (χ2n) is 4.64. The highest BCUT2D eigenvalue weighted by Crippen LogP contribution is 2.21. The molecule has 0 radical (unpaired) electrons. The van der Waals surface area contributed by atoms with Crippen molar-refractivity contribution in [2.24, 2.45) is 0 Å². The number of aliphatic hydroxyl groups is 1. The largest absolute Gasteiger partial charge is 0.394 e. The van der Waals surface area contributed by atoms with E-state index in [1.165, 1.54) is 0 Å². The normalized spacial score (nSPS) is 18.3. The van der Waals surface area contributed by atoms with Crippen molar-refractivity contribution in [3.05, 3.63) is 29.6 Å². The number of rotatable bonds is 3. The van der Waals surface area contributed by atoms with Crippen molar-refractivity contribution in [3.63, 3.8) is 0 Å². The minimum Gasteiger partial charge on any atom is -0.394 e. The summed E-state index contributed by atoms with van der Waals surface area (Å²) in [5.74, 6) is -0.184. The molecule has 1 fully saturated rings. The zero-order chi connectivity index (χ0) is 13.0. The molecule has 0 saturated carbocycles. The first kappa shape index (κ1) is 13.0. The number of aliphatic hydroxyl groups excluding tert-OH is 1.